The maximum Gasteiger partial charge on any atom is 0.146 e. The zero-order valence-electron chi connectivity index (χ0n) is 13.3. The Morgan fingerprint density at radius 1 is 1.14 bits per heavy atom. The van der Waals surface area contributed by atoms with Gasteiger partial charge in [0.15, 0.2) is 0 Å². The van der Waals surface area contributed by atoms with E-state index in [1.54, 1.807) is 0 Å². The summed E-state index contributed by atoms with van der Waals surface area (Å²) in [6.45, 7) is 6.23. The first-order valence-electron chi connectivity index (χ1n) is 8.61. The second-order valence-corrected chi connectivity index (χ2v) is 7.20. The average molecular weight is 296 g/mol. The van der Waals surface area contributed by atoms with Crippen molar-refractivity contribution < 1.29 is 0 Å². The third kappa shape index (κ3) is 2.38. The minimum absolute atomic E-state index is 0.707. The molecule has 22 heavy (non-hydrogen) atoms. The predicted octanol–water partition coefficient (Wildman–Crippen LogP) is 2.57. The van der Waals surface area contributed by atoms with E-state index in [-0.39, 0.29) is 0 Å². The van der Waals surface area contributed by atoms with Gasteiger partial charge in [0.05, 0.1) is 5.56 Å². The number of rotatable bonds is 2. The van der Waals surface area contributed by atoms with Crippen molar-refractivity contribution in [1.29, 1.82) is 5.26 Å². The summed E-state index contributed by atoms with van der Waals surface area (Å²) in [7, 11) is 0. The maximum absolute atomic E-state index is 9.31. The van der Waals surface area contributed by atoms with Crippen LogP contribution in [0.3, 0.4) is 0 Å². The van der Waals surface area contributed by atoms with E-state index >= 15 is 0 Å². The Morgan fingerprint density at radius 2 is 1.95 bits per heavy atom. The topological polar surface area (TPSA) is 43.2 Å². The molecule has 3 unspecified atom stereocenters. The molecule has 1 aliphatic heterocycles. The third-order valence-corrected chi connectivity index (χ3v) is 5.92. The summed E-state index contributed by atoms with van der Waals surface area (Å²) in [6, 6.07) is 6.95. The van der Waals surface area contributed by atoms with Crippen LogP contribution in [0.4, 0.5) is 5.82 Å². The van der Waals surface area contributed by atoms with Crippen molar-refractivity contribution in [2.24, 2.45) is 11.8 Å². The Morgan fingerprint density at radius 3 is 2.59 bits per heavy atom. The van der Waals surface area contributed by atoms with Gasteiger partial charge in [0.1, 0.15) is 11.9 Å². The molecule has 0 amide bonds. The fraction of sp³-hybridized carbons (Fsp3) is 0.667. The number of pyridine rings is 1. The summed E-state index contributed by atoms with van der Waals surface area (Å²) in [5.74, 6) is 2.86. The van der Waals surface area contributed by atoms with E-state index in [2.05, 4.69) is 20.9 Å². The zero-order valence-corrected chi connectivity index (χ0v) is 13.3. The molecule has 1 saturated heterocycles. The Hall–Kier alpha value is -1.60. The average Bonchev–Trinajstić information content (AvgIpc) is 3.18. The molecule has 0 spiro atoms. The molecule has 116 valence electrons. The van der Waals surface area contributed by atoms with Gasteiger partial charge in [-0.25, -0.2) is 4.98 Å². The predicted molar refractivity (Wildman–Crippen MR) is 86.7 cm³/mol. The second kappa shape index (κ2) is 5.55. The summed E-state index contributed by atoms with van der Waals surface area (Å²) in [6.07, 6.45) is 5.83. The Labute approximate surface area is 132 Å². The van der Waals surface area contributed by atoms with Gasteiger partial charge in [0, 0.05) is 37.9 Å². The molecule has 1 aromatic heterocycles. The van der Waals surface area contributed by atoms with Gasteiger partial charge in [0.25, 0.3) is 0 Å². The van der Waals surface area contributed by atoms with Crippen LogP contribution in [0.2, 0.25) is 0 Å². The van der Waals surface area contributed by atoms with Crippen LogP contribution in [0, 0.1) is 30.1 Å². The van der Waals surface area contributed by atoms with Crippen LogP contribution in [-0.4, -0.2) is 42.1 Å². The largest absolute Gasteiger partial charge is 0.353 e. The minimum Gasteiger partial charge on any atom is -0.353 e. The van der Waals surface area contributed by atoms with Crippen LogP contribution >= 0.6 is 0 Å². The van der Waals surface area contributed by atoms with E-state index in [9.17, 15) is 5.26 Å². The number of nitriles is 1. The maximum atomic E-state index is 9.31. The van der Waals surface area contributed by atoms with Gasteiger partial charge in [-0.2, -0.15) is 5.26 Å². The van der Waals surface area contributed by atoms with Gasteiger partial charge in [-0.05, 0) is 50.2 Å². The Bertz CT molecular complexity index is 598. The highest BCUT2D eigenvalue weighted by molar-refractivity contribution is 5.54. The van der Waals surface area contributed by atoms with Crippen LogP contribution in [0.1, 0.15) is 36.9 Å². The van der Waals surface area contributed by atoms with Gasteiger partial charge in [-0.1, -0.05) is 6.42 Å². The zero-order chi connectivity index (χ0) is 15.1. The number of anilines is 1. The molecule has 4 nitrogen and oxygen atoms in total. The number of aryl methyl sites for hydroxylation is 1. The molecule has 2 bridgehead atoms. The molecule has 0 radical (unpaired) electrons. The highest BCUT2D eigenvalue weighted by atomic mass is 15.3. The van der Waals surface area contributed by atoms with E-state index in [1.165, 1.54) is 25.7 Å². The SMILES string of the molecule is Cc1ccc(C#N)c(N2CCN(C3CC4CCC3C4)CC2)n1. The number of aromatic nitrogens is 1. The van der Waals surface area contributed by atoms with Gasteiger partial charge in [0.2, 0.25) is 0 Å². The van der Waals surface area contributed by atoms with Gasteiger partial charge in [-0.3, -0.25) is 4.90 Å². The highest BCUT2D eigenvalue weighted by Crippen LogP contribution is 2.46. The summed E-state index contributed by atoms with van der Waals surface area (Å²) in [5.41, 5.74) is 1.70. The first-order chi connectivity index (χ1) is 10.7. The normalized spacial score (nSPS) is 31.5. The summed E-state index contributed by atoms with van der Waals surface area (Å²) in [5, 5.41) is 9.31. The van der Waals surface area contributed by atoms with Crippen molar-refractivity contribution in [3.8, 4) is 6.07 Å². The molecule has 2 saturated carbocycles. The molecule has 4 heteroatoms. The van der Waals surface area contributed by atoms with Crippen molar-refractivity contribution in [3.63, 3.8) is 0 Å². The van der Waals surface area contributed by atoms with E-state index < -0.39 is 0 Å². The van der Waals surface area contributed by atoms with E-state index in [0.717, 1.165) is 55.6 Å². The van der Waals surface area contributed by atoms with Gasteiger partial charge in [-0.15, -0.1) is 0 Å². The molecule has 4 rings (SSSR count). The first-order valence-corrected chi connectivity index (χ1v) is 8.61. The highest BCUT2D eigenvalue weighted by Gasteiger charge is 2.42. The van der Waals surface area contributed by atoms with E-state index in [4.69, 9.17) is 0 Å². The molecule has 3 atom stereocenters. The number of fused-ring (bicyclic) bond motifs is 2. The molecule has 2 heterocycles. The van der Waals surface area contributed by atoms with Crippen molar-refractivity contribution >= 4 is 5.82 Å². The molecule has 3 fully saturated rings. The van der Waals surface area contributed by atoms with E-state index in [1.807, 2.05) is 19.1 Å². The first kappa shape index (κ1) is 14.0. The van der Waals surface area contributed by atoms with Crippen molar-refractivity contribution in [2.45, 2.75) is 38.6 Å². The summed E-state index contributed by atoms with van der Waals surface area (Å²) < 4.78 is 0. The van der Waals surface area contributed by atoms with Crippen LogP contribution in [0.5, 0.6) is 0 Å². The van der Waals surface area contributed by atoms with Crippen LogP contribution in [0.25, 0.3) is 0 Å². The Kier molecular flexibility index (Phi) is 3.54. The van der Waals surface area contributed by atoms with Crippen LogP contribution < -0.4 is 4.90 Å². The summed E-state index contributed by atoms with van der Waals surface area (Å²) in [4.78, 5) is 9.62. The third-order valence-electron chi connectivity index (χ3n) is 5.92. The van der Waals surface area contributed by atoms with Crippen LogP contribution in [-0.2, 0) is 0 Å². The fourth-order valence-electron chi connectivity index (χ4n) is 4.80. The number of piperazine rings is 1. The molecule has 2 aliphatic carbocycles. The van der Waals surface area contributed by atoms with Crippen LogP contribution in [0.15, 0.2) is 12.1 Å². The minimum atomic E-state index is 0.707. The molecule has 0 N–H and O–H groups in total. The lowest BCUT2D eigenvalue weighted by Gasteiger charge is -2.41. The van der Waals surface area contributed by atoms with Crippen molar-refractivity contribution in [3.05, 3.63) is 23.4 Å². The molecule has 0 aromatic carbocycles. The van der Waals surface area contributed by atoms with E-state index in [0.29, 0.717) is 5.56 Å². The lowest BCUT2D eigenvalue weighted by atomic mass is 9.93. The molecular formula is C18H24N4. The van der Waals surface area contributed by atoms with Crippen molar-refractivity contribution in [2.75, 3.05) is 31.1 Å². The molecule has 3 aliphatic rings. The fourth-order valence-corrected chi connectivity index (χ4v) is 4.80. The Balaban J connectivity index is 1.44. The monoisotopic (exact) mass is 296 g/mol. The number of nitrogens with zero attached hydrogens (tertiary/aromatic N) is 4. The van der Waals surface area contributed by atoms with Gasteiger partial charge >= 0.3 is 0 Å². The molecule has 1 aromatic rings. The molecular weight excluding hydrogens is 272 g/mol. The quantitative estimate of drug-likeness (QED) is 0.841. The number of hydrogen-bond acceptors (Lipinski definition) is 4. The second-order valence-electron chi connectivity index (χ2n) is 7.20. The smallest absolute Gasteiger partial charge is 0.146 e. The van der Waals surface area contributed by atoms with Crippen molar-refractivity contribution in [1.82, 2.24) is 9.88 Å². The summed E-state index contributed by atoms with van der Waals surface area (Å²) >= 11 is 0. The lowest BCUT2D eigenvalue weighted by molar-refractivity contribution is 0.134. The standard InChI is InChI=1S/C18H24N4/c1-13-2-4-16(12-19)18(20-13)22-8-6-21(7-9-22)17-11-14-3-5-15(17)10-14/h2,4,14-15,17H,3,5-11H2,1H3. The van der Waals surface area contributed by atoms with Gasteiger partial charge < -0.3 is 4.90 Å². The number of hydrogen-bond donors (Lipinski definition) is 0. The lowest BCUT2D eigenvalue weighted by Crippen LogP contribution is -2.52.